The summed E-state index contributed by atoms with van der Waals surface area (Å²) in [5.74, 6) is -1.37. The van der Waals surface area contributed by atoms with Crippen molar-refractivity contribution in [2.75, 3.05) is 0 Å². The van der Waals surface area contributed by atoms with Crippen molar-refractivity contribution in [1.29, 1.82) is 0 Å². The Hall–Kier alpha value is -1.88. The van der Waals surface area contributed by atoms with Gasteiger partial charge in [0.1, 0.15) is 6.04 Å². The van der Waals surface area contributed by atoms with Crippen molar-refractivity contribution in [3.63, 3.8) is 0 Å². The number of carboxylic acid groups (broad SMARTS) is 1. The van der Waals surface area contributed by atoms with E-state index in [4.69, 9.17) is 5.11 Å². The molecule has 1 atom stereocenters. The molecule has 18 heavy (non-hydrogen) atoms. The van der Waals surface area contributed by atoms with Crippen LogP contribution in [0.3, 0.4) is 0 Å². The molecule has 1 heterocycles. The van der Waals surface area contributed by atoms with Crippen LogP contribution in [0, 0.1) is 6.92 Å². The van der Waals surface area contributed by atoms with Crippen LogP contribution >= 0.6 is 11.3 Å². The van der Waals surface area contributed by atoms with Crippen molar-refractivity contribution in [2.24, 2.45) is 0 Å². The van der Waals surface area contributed by atoms with Gasteiger partial charge in [-0.05, 0) is 30.9 Å². The first-order chi connectivity index (χ1) is 8.50. The molecule has 4 nitrogen and oxygen atoms in total. The summed E-state index contributed by atoms with van der Waals surface area (Å²) in [6.07, 6.45) is 0. The van der Waals surface area contributed by atoms with E-state index in [-0.39, 0.29) is 5.91 Å². The molecule has 2 rings (SSSR count). The second-order valence-corrected chi connectivity index (χ2v) is 5.14. The van der Waals surface area contributed by atoms with Crippen LogP contribution in [0.15, 0.2) is 24.3 Å². The quantitative estimate of drug-likeness (QED) is 0.893. The minimum atomic E-state index is -1.04. The third kappa shape index (κ3) is 2.22. The first-order valence-electron chi connectivity index (χ1n) is 5.52. The highest BCUT2D eigenvalue weighted by molar-refractivity contribution is 7.21. The molecule has 0 saturated carbocycles. The zero-order valence-corrected chi connectivity index (χ0v) is 10.9. The van der Waals surface area contributed by atoms with Crippen LogP contribution in [0.5, 0.6) is 0 Å². The smallest absolute Gasteiger partial charge is 0.325 e. The van der Waals surface area contributed by atoms with E-state index in [0.29, 0.717) is 4.88 Å². The fraction of sp³-hybridized carbons (Fsp3) is 0.231. The molecule has 1 amide bonds. The number of carbonyl (C=O) groups excluding carboxylic acids is 1. The van der Waals surface area contributed by atoms with E-state index in [1.807, 2.05) is 31.2 Å². The maximum atomic E-state index is 12.0. The summed E-state index contributed by atoms with van der Waals surface area (Å²) >= 11 is 1.38. The number of fused-ring (bicyclic) bond motifs is 1. The van der Waals surface area contributed by atoms with Crippen LogP contribution in [0.4, 0.5) is 0 Å². The lowest BCUT2D eigenvalue weighted by Gasteiger charge is -2.08. The molecule has 0 radical (unpaired) electrons. The van der Waals surface area contributed by atoms with Crippen molar-refractivity contribution in [1.82, 2.24) is 5.32 Å². The van der Waals surface area contributed by atoms with Crippen molar-refractivity contribution in [3.05, 3.63) is 34.7 Å². The van der Waals surface area contributed by atoms with Gasteiger partial charge in [-0.15, -0.1) is 11.3 Å². The second-order valence-electron chi connectivity index (χ2n) is 4.09. The van der Waals surface area contributed by atoms with Gasteiger partial charge in [0.15, 0.2) is 0 Å². The van der Waals surface area contributed by atoms with Gasteiger partial charge in [0.05, 0.1) is 4.88 Å². The van der Waals surface area contributed by atoms with Gasteiger partial charge >= 0.3 is 5.97 Å². The van der Waals surface area contributed by atoms with E-state index in [9.17, 15) is 9.59 Å². The van der Waals surface area contributed by atoms with Gasteiger partial charge in [-0.1, -0.05) is 18.2 Å². The van der Waals surface area contributed by atoms with Crippen LogP contribution in [0.2, 0.25) is 0 Å². The molecular weight excluding hydrogens is 250 g/mol. The fourth-order valence-electron chi connectivity index (χ4n) is 1.71. The van der Waals surface area contributed by atoms with Gasteiger partial charge in [0, 0.05) is 4.70 Å². The van der Waals surface area contributed by atoms with Crippen molar-refractivity contribution in [2.45, 2.75) is 19.9 Å². The van der Waals surface area contributed by atoms with E-state index in [1.165, 1.54) is 18.3 Å². The van der Waals surface area contributed by atoms with Crippen LogP contribution in [0.25, 0.3) is 10.1 Å². The van der Waals surface area contributed by atoms with Crippen LogP contribution in [0.1, 0.15) is 22.2 Å². The summed E-state index contributed by atoms with van der Waals surface area (Å²) < 4.78 is 1.03. The van der Waals surface area contributed by atoms with Crippen LogP contribution in [-0.2, 0) is 4.79 Å². The summed E-state index contributed by atoms with van der Waals surface area (Å²) in [5, 5.41) is 12.3. The van der Waals surface area contributed by atoms with Gasteiger partial charge in [0.2, 0.25) is 0 Å². The molecule has 0 bridgehead atoms. The van der Waals surface area contributed by atoms with E-state index in [0.717, 1.165) is 15.6 Å². The standard InChI is InChI=1S/C13H13NO3S/c1-7-9-5-3-4-6-10(9)18-11(7)12(15)14-8(2)13(16)17/h3-6,8H,1-2H3,(H,14,15)(H,16,17)/t8-/m1/s1. The first kappa shape index (κ1) is 12.6. The lowest BCUT2D eigenvalue weighted by atomic mass is 10.1. The number of thiophene rings is 1. The summed E-state index contributed by atoms with van der Waals surface area (Å²) in [7, 11) is 0. The third-order valence-electron chi connectivity index (χ3n) is 2.77. The zero-order chi connectivity index (χ0) is 13.3. The molecule has 2 aromatic rings. The number of carboxylic acids is 1. The molecule has 1 aromatic carbocycles. The number of benzene rings is 1. The van der Waals surface area contributed by atoms with Gasteiger partial charge in [-0.2, -0.15) is 0 Å². The Labute approximate surface area is 108 Å². The molecule has 0 aliphatic carbocycles. The largest absolute Gasteiger partial charge is 0.480 e. The van der Waals surface area contributed by atoms with Crippen molar-refractivity contribution < 1.29 is 14.7 Å². The summed E-state index contributed by atoms with van der Waals surface area (Å²) in [6, 6.07) is 6.86. The molecular formula is C13H13NO3S. The van der Waals surface area contributed by atoms with E-state index in [2.05, 4.69) is 5.32 Å². The third-order valence-corrected chi connectivity index (χ3v) is 4.04. The van der Waals surface area contributed by atoms with E-state index in [1.54, 1.807) is 0 Å². The Kier molecular flexibility index (Phi) is 3.34. The lowest BCUT2D eigenvalue weighted by molar-refractivity contribution is -0.138. The minimum Gasteiger partial charge on any atom is -0.480 e. The molecule has 2 N–H and O–H groups in total. The van der Waals surface area contributed by atoms with Crippen LogP contribution < -0.4 is 5.32 Å². The summed E-state index contributed by atoms with van der Waals surface area (Å²) in [6.45, 7) is 3.32. The minimum absolute atomic E-state index is 0.330. The van der Waals surface area contributed by atoms with Crippen molar-refractivity contribution >= 4 is 33.3 Å². The Morgan fingerprint density at radius 3 is 2.61 bits per heavy atom. The Morgan fingerprint density at radius 2 is 2.00 bits per heavy atom. The number of nitrogens with one attached hydrogen (secondary N) is 1. The van der Waals surface area contributed by atoms with E-state index >= 15 is 0 Å². The molecule has 0 unspecified atom stereocenters. The molecule has 5 heteroatoms. The maximum Gasteiger partial charge on any atom is 0.325 e. The van der Waals surface area contributed by atoms with E-state index < -0.39 is 12.0 Å². The number of aryl methyl sites for hydroxylation is 1. The number of hydrogen-bond donors (Lipinski definition) is 2. The predicted molar refractivity (Wildman–Crippen MR) is 71.1 cm³/mol. The average molecular weight is 263 g/mol. The average Bonchev–Trinajstić information content (AvgIpc) is 2.67. The highest BCUT2D eigenvalue weighted by Crippen LogP contribution is 2.30. The second kappa shape index (κ2) is 4.78. The van der Waals surface area contributed by atoms with Gasteiger partial charge in [-0.3, -0.25) is 9.59 Å². The zero-order valence-electron chi connectivity index (χ0n) is 10.1. The molecule has 0 spiro atoms. The maximum absolute atomic E-state index is 12.0. The van der Waals surface area contributed by atoms with Crippen molar-refractivity contribution in [3.8, 4) is 0 Å². The monoisotopic (exact) mass is 263 g/mol. The molecule has 0 saturated heterocycles. The molecule has 94 valence electrons. The predicted octanol–water partition coefficient (Wildman–Crippen LogP) is 2.41. The SMILES string of the molecule is Cc1c(C(=O)N[C@H](C)C(=O)O)sc2ccccc12. The Morgan fingerprint density at radius 1 is 1.33 bits per heavy atom. The van der Waals surface area contributed by atoms with Gasteiger partial charge in [-0.25, -0.2) is 0 Å². The van der Waals surface area contributed by atoms with Gasteiger partial charge < -0.3 is 10.4 Å². The molecule has 1 aromatic heterocycles. The number of aliphatic carboxylic acids is 1. The normalized spacial score (nSPS) is 12.3. The topological polar surface area (TPSA) is 66.4 Å². The summed E-state index contributed by atoms with van der Waals surface area (Å²) in [4.78, 5) is 23.3. The fourth-order valence-corrected chi connectivity index (χ4v) is 2.83. The lowest BCUT2D eigenvalue weighted by Crippen LogP contribution is -2.38. The highest BCUT2D eigenvalue weighted by atomic mass is 32.1. The number of hydrogen-bond acceptors (Lipinski definition) is 3. The van der Waals surface area contributed by atoms with Gasteiger partial charge in [0.25, 0.3) is 5.91 Å². The van der Waals surface area contributed by atoms with Crippen LogP contribution in [-0.4, -0.2) is 23.0 Å². The Balaban J connectivity index is 2.34. The Bertz CT molecular complexity index is 618. The number of rotatable bonds is 3. The number of carbonyl (C=O) groups is 2. The molecule has 0 aliphatic heterocycles. The number of amides is 1. The molecule has 0 fully saturated rings. The summed E-state index contributed by atoms with van der Waals surface area (Å²) in [5.41, 5.74) is 0.894. The highest BCUT2D eigenvalue weighted by Gasteiger charge is 2.19. The molecule has 0 aliphatic rings. The first-order valence-corrected chi connectivity index (χ1v) is 6.34.